The summed E-state index contributed by atoms with van der Waals surface area (Å²) in [6, 6.07) is 13.8. The molecule has 0 saturated carbocycles. The molecule has 0 spiro atoms. The third-order valence-corrected chi connectivity index (χ3v) is 7.25. The minimum absolute atomic E-state index is 0.0557. The molecule has 6 nitrogen and oxygen atoms in total. The van der Waals surface area contributed by atoms with Crippen LogP contribution < -0.4 is 9.62 Å². The summed E-state index contributed by atoms with van der Waals surface area (Å²) < 4.78 is 27.4. The van der Waals surface area contributed by atoms with Crippen molar-refractivity contribution in [2.24, 2.45) is 0 Å². The molecule has 29 heavy (non-hydrogen) atoms. The fourth-order valence-electron chi connectivity index (χ4n) is 3.41. The van der Waals surface area contributed by atoms with Crippen LogP contribution in [-0.4, -0.2) is 25.4 Å². The predicted octanol–water partition coefficient (Wildman–Crippen LogP) is 4.12. The molecule has 150 valence electrons. The number of aromatic nitrogens is 1. The largest absolute Gasteiger partial charge is 0.309 e. The first kappa shape index (κ1) is 19.9. The van der Waals surface area contributed by atoms with Gasteiger partial charge < -0.3 is 4.90 Å². The van der Waals surface area contributed by atoms with Crippen molar-refractivity contribution in [3.05, 3.63) is 70.2 Å². The molecule has 0 fully saturated rings. The zero-order valence-electron chi connectivity index (χ0n) is 15.5. The number of anilines is 2. The van der Waals surface area contributed by atoms with Gasteiger partial charge in [-0.2, -0.15) is 0 Å². The molecule has 2 aromatic carbocycles. The van der Waals surface area contributed by atoms with Crippen molar-refractivity contribution in [3.8, 4) is 0 Å². The van der Waals surface area contributed by atoms with Crippen molar-refractivity contribution < 1.29 is 13.2 Å². The molecule has 0 saturated heterocycles. The van der Waals surface area contributed by atoms with Gasteiger partial charge in [0.25, 0.3) is 10.0 Å². The highest BCUT2D eigenvalue weighted by atomic mass is 35.5. The van der Waals surface area contributed by atoms with Crippen LogP contribution in [0.25, 0.3) is 0 Å². The van der Waals surface area contributed by atoms with Crippen LogP contribution in [0, 0.1) is 0 Å². The van der Waals surface area contributed by atoms with Crippen LogP contribution in [-0.2, 0) is 27.7 Å². The van der Waals surface area contributed by atoms with Crippen molar-refractivity contribution in [1.29, 1.82) is 0 Å². The average molecular weight is 448 g/mol. The van der Waals surface area contributed by atoms with Gasteiger partial charge in [-0.05, 0) is 49.2 Å². The van der Waals surface area contributed by atoms with E-state index in [1.54, 1.807) is 10.3 Å². The number of amides is 1. The summed E-state index contributed by atoms with van der Waals surface area (Å²) in [6.07, 6.45) is 0.933. The molecule has 0 bridgehead atoms. The molecule has 0 radical (unpaired) electrons. The number of carbonyl (C=O) groups excluding carboxylic acids is 1. The third-order valence-electron chi connectivity index (χ3n) is 4.71. The Labute approximate surface area is 178 Å². The van der Waals surface area contributed by atoms with Gasteiger partial charge in [-0.1, -0.05) is 29.8 Å². The van der Waals surface area contributed by atoms with Crippen LogP contribution >= 0.6 is 22.9 Å². The topological polar surface area (TPSA) is 79.4 Å². The Morgan fingerprint density at radius 2 is 1.97 bits per heavy atom. The van der Waals surface area contributed by atoms with Gasteiger partial charge >= 0.3 is 0 Å². The van der Waals surface area contributed by atoms with Gasteiger partial charge in [0.15, 0.2) is 5.13 Å². The van der Waals surface area contributed by atoms with Gasteiger partial charge in [0.05, 0.1) is 17.0 Å². The lowest BCUT2D eigenvalue weighted by atomic mass is 10.1. The van der Waals surface area contributed by atoms with E-state index < -0.39 is 10.0 Å². The molecular formula is C20H18ClN3O3S2. The zero-order valence-corrected chi connectivity index (χ0v) is 17.9. The summed E-state index contributed by atoms with van der Waals surface area (Å²) in [7, 11) is -3.77. The highest BCUT2D eigenvalue weighted by molar-refractivity contribution is 7.93. The second-order valence-corrected chi connectivity index (χ2v) is 9.80. The standard InChI is InChI=1S/C20H18ClN3O3S2/c1-13-10-14-4-2-3-5-18(14)24(13)19(25)11-16-12-28-20(22-16)23-29(26,27)17-8-6-15(21)7-9-17/h2-9,12-13H,10-11H2,1H3,(H,22,23)/t13-/m0/s1. The first-order chi connectivity index (χ1) is 13.8. The predicted molar refractivity (Wildman–Crippen MR) is 115 cm³/mol. The maximum absolute atomic E-state index is 12.9. The van der Waals surface area contributed by atoms with E-state index in [-0.39, 0.29) is 28.4 Å². The van der Waals surface area contributed by atoms with Crippen molar-refractivity contribution >= 4 is 49.7 Å². The second kappa shape index (κ2) is 7.78. The lowest BCUT2D eigenvalue weighted by molar-refractivity contribution is -0.118. The molecule has 4 rings (SSSR count). The van der Waals surface area contributed by atoms with Crippen molar-refractivity contribution in [1.82, 2.24) is 4.98 Å². The number of halogens is 1. The summed E-state index contributed by atoms with van der Waals surface area (Å²) in [6.45, 7) is 2.02. The Kier molecular flexibility index (Phi) is 5.33. The minimum Gasteiger partial charge on any atom is -0.309 e. The van der Waals surface area contributed by atoms with Crippen molar-refractivity contribution in [2.75, 3.05) is 9.62 Å². The molecular weight excluding hydrogens is 430 g/mol. The van der Waals surface area contributed by atoms with Crippen molar-refractivity contribution in [3.63, 3.8) is 0 Å². The second-order valence-electron chi connectivity index (χ2n) is 6.83. The number of hydrogen-bond acceptors (Lipinski definition) is 5. The number of hydrogen-bond donors (Lipinski definition) is 1. The molecule has 0 unspecified atom stereocenters. The summed E-state index contributed by atoms with van der Waals surface area (Å²) in [4.78, 5) is 19.1. The lowest BCUT2D eigenvalue weighted by Crippen LogP contribution is -2.36. The normalized spacial score (nSPS) is 15.9. The Morgan fingerprint density at radius 3 is 2.72 bits per heavy atom. The van der Waals surface area contributed by atoms with Gasteiger partial charge in [-0.15, -0.1) is 11.3 Å². The molecule has 1 aliphatic heterocycles. The summed E-state index contributed by atoms with van der Waals surface area (Å²) in [5, 5.41) is 2.37. The van der Waals surface area contributed by atoms with Crippen LogP contribution in [0.1, 0.15) is 18.2 Å². The fourth-order valence-corrected chi connectivity index (χ4v) is 5.50. The SMILES string of the molecule is C[C@H]1Cc2ccccc2N1C(=O)Cc1csc(NS(=O)(=O)c2ccc(Cl)cc2)n1. The summed E-state index contributed by atoms with van der Waals surface area (Å²) in [5.41, 5.74) is 2.62. The first-order valence-electron chi connectivity index (χ1n) is 8.96. The van der Waals surface area contributed by atoms with Crippen LogP contribution in [0.5, 0.6) is 0 Å². The number of nitrogens with zero attached hydrogens (tertiary/aromatic N) is 2. The quantitative estimate of drug-likeness (QED) is 0.638. The molecule has 1 amide bonds. The molecule has 1 atom stereocenters. The molecule has 9 heteroatoms. The Bertz CT molecular complexity index is 1160. The van der Waals surface area contributed by atoms with Gasteiger partial charge in [-0.25, -0.2) is 13.4 Å². The van der Waals surface area contributed by atoms with Crippen LogP contribution in [0.15, 0.2) is 58.8 Å². The smallest absolute Gasteiger partial charge is 0.263 e. The number of nitrogens with one attached hydrogen (secondary N) is 1. The van der Waals surface area contributed by atoms with Gasteiger partial charge in [0.1, 0.15) is 0 Å². The van der Waals surface area contributed by atoms with E-state index in [2.05, 4.69) is 9.71 Å². The Hall–Kier alpha value is -2.42. The molecule has 1 aromatic heterocycles. The highest BCUT2D eigenvalue weighted by Gasteiger charge is 2.30. The first-order valence-corrected chi connectivity index (χ1v) is 11.7. The molecule has 3 aromatic rings. The van der Waals surface area contributed by atoms with Crippen molar-refractivity contribution in [2.45, 2.75) is 30.7 Å². The van der Waals surface area contributed by atoms with E-state index in [4.69, 9.17) is 11.6 Å². The molecule has 1 aliphatic rings. The highest BCUT2D eigenvalue weighted by Crippen LogP contribution is 2.32. The average Bonchev–Trinajstić information content (AvgIpc) is 3.24. The number of rotatable bonds is 5. The van der Waals surface area contributed by atoms with Crippen LogP contribution in [0.4, 0.5) is 10.8 Å². The molecule has 0 aliphatic carbocycles. The van der Waals surface area contributed by atoms with E-state index in [1.807, 2.05) is 31.2 Å². The van der Waals surface area contributed by atoms with Crippen LogP contribution in [0.3, 0.4) is 0 Å². The van der Waals surface area contributed by atoms with Gasteiger partial charge in [0, 0.05) is 22.1 Å². The Morgan fingerprint density at radius 1 is 1.24 bits per heavy atom. The number of carbonyl (C=O) groups is 1. The van der Waals surface area contributed by atoms with E-state index in [0.29, 0.717) is 10.7 Å². The minimum atomic E-state index is -3.77. The number of sulfonamides is 1. The van der Waals surface area contributed by atoms with E-state index in [0.717, 1.165) is 29.0 Å². The lowest BCUT2D eigenvalue weighted by Gasteiger charge is -2.22. The third kappa shape index (κ3) is 4.14. The molecule has 2 heterocycles. The maximum atomic E-state index is 12.9. The Balaban J connectivity index is 1.47. The molecule has 1 N–H and O–H groups in total. The number of thiazole rings is 1. The monoisotopic (exact) mass is 447 g/mol. The number of para-hydroxylation sites is 1. The zero-order chi connectivity index (χ0) is 20.6. The number of fused-ring (bicyclic) bond motifs is 1. The summed E-state index contributed by atoms with van der Waals surface area (Å²) >= 11 is 6.95. The maximum Gasteiger partial charge on any atom is 0.263 e. The summed E-state index contributed by atoms with van der Waals surface area (Å²) in [5.74, 6) is -0.0557. The fraction of sp³-hybridized carbons (Fsp3) is 0.200. The van der Waals surface area contributed by atoms with Crippen LogP contribution in [0.2, 0.25) is 5.02 Å². The number of benzene rings is 2. The van der Waals surface area contributed by atoms with E-state index >= 15 is 0 Å². The van der Waals surface area contributed by atoms with E-state index in [9.17, 15) is 13.2 Å². The van der Waals surface area contributed by atoms with Gasteiger partial charge in [0.2, 0.25) is 5.91 Å². The van der Waals surface area contributed by atoms with E-state index in [1.165, 1.54) is 24.3 Å². The van der Waals surface area contributed by atoms with Gasteiger partial charge in [-0.3, -0.25) is 9.52 Å².